The van der Waals surface area contributed by atoms with Crippen LogP contribution < -0.4 is 9.80 Å². The average Bonchev–Trinajstić information content (AvgIpc) is 2.64. The lowest BCUT2D eigenvalue weighted by molar-refractivity contribution is 0.360. The van der Waals surface area contributed by atoms with Gasteiger partial charge < -0.3 is 14.7 Å². The van der Waals surface area contributed by atoms with E-state index in [-0.39, 0.29) is 5.28 Å². The quantitative estimate of drug-likeness (QED) is 0.840. The minimum absolute atomic E-state index is 0.273. The maximum absolute atomic E-state index is 6.07. The highest BCUT2D eigenvalue weighted by Gasteiger charge is 2.18. The largest absolute Gasteiger partial charge is 0.341 e. The Morgan fingerprint density at radius 1 is 1.05 bits per heavy atom. The Hall–Kier alpha value is -1.14. The first-order valence-corrected chi connectivity index (χ1v) is 7.61. The number of nitrogens with zero attached hydrogens (tertiary/aromatic N) is 6. The van der Waals surface area contributed by atoms with E-state index in [1.165, 1.54) is 0 Å². The molecule has 1 saturated heterocycles. The van der Waals surface area contributed by atoms with Crippen molar-refractivity contribution in [3.8, 4) is 0 Å². The molecule has 1 aliphatic heterocycles. The van der Waals surface area contributed by atoms with Crippen molar-refractivity contribution in [2.75, 3.05) is 56.1 Å². The smallest absolute Gasteiger partial charge is 0.231 e. The molecule has 0 radical (unpaired) electrons. The van der Waals surface area contributed by atoms with Crippen molar-refractivity contribution in [1.82, 2.24) is 19.9 Å². The van der Waals surface area contributed by atoms with Crippen LogP contribution in [-0.2, 0) is 0 Å². The summed E-state index contributed by atoms with van der Waals surface area (Å²) in [6.45, 7) is 9.90. The molecule has 0 atom stereocenters. The van der Waals surface area contributed by atoms with Crippen LogP contribution in [0.4, 0.5) is 11.9 Å². The highest BCUT2D eigenvalue weighted by molar-refractivity contribution is 6.28. The number of likely N-dealkylation sites (N-methyl/N-ethyl adjacent to an activating group) is 1. The monoisotopic (exact) mass is 298 g/mol. The predicted octanol–water partition coefficient (Wildman–Crippen LogP) is 1.51. The standard InChI is InChI=1S/C13H23ClN6/c1-4-19(5-2)12-15-11(14)16-13(17-12)20-8-6-7-18(3)9-10-20/h4-10H2,1-3H3. The lowest BCUT2D eigenvalue weighted by Crippen LogP contribution is -2.31. The van der Waals surface area contributed by atoms with Crippen molar-refractivity contribution in [3.05, 3.63) is 5.28 Å². The third-order valence-corrected chi connectivity index (χ3v) is 3.80. The van der Waals surface area contributed by atoms with Crippen LogP contribution in [0.1, 0.15) is 20.3 Å². The van der Waals surface area contributed by atoms with Gasteiger partial charge in [-0.3, -0.25) is 0 Å². The lowest BCUT2D eigenvalue weighted by Gasteiger charge is -2.23. The molecule has 0 N–H and O–H groups in total. The van der Waals surface area contributed by atoms with Gasteiger partial charge in [-0.05, 0) is 45.5 Å². The highest BCUT2D eigenvalue weighted by Crippen LogP contribution is 2.17. The summed E-state index contributed by atoms with van der Waals surface area (Å²) >= 11 is 6.07. The van der Waals surface area contributed by atoms with E-state index < -0.39 is 0 Å². The Bertz CT molecular complexity index is 437. The Labute approximate surface area is 125 Å². The summed E-state index contributed by atoms with van der Waals surface area (Å²) in [6.07, 6.45) is 1.11. The molecular weight excluding hydrogens is 276 g/mol. The second-order valence-corrected chi connectivity index (χ2v) is 5.36. The molecule has 112 valence electrons. The average molecular weight is 299 g/mol. The van der Waals surface area contributed by atoms with E-state index in [0.29, 0.717) is 11.9 Å². The van der Waals surface area contributed by atoms with Gasteiger partial charge in [0.05, 0.1) is 0 Å². The Balaban J connectivity index is 2.22. The van der Waals surface area contributed by atoms with Gasteiger partial charge in [0.15, 0.2) is 0 Å². The molecule has 1 fully saturated rings. The number of anilines is 2. The van der Waals surface area contributed by atoms with Crippen molar-refractivity contribution in [2.24, 2.45) is 0 Å². The molecule has 0 spiro atoms. The summed E-state index contributed by atoms with van der Waals surface area (Å²) in [5.41, 5.74) is 0. The fourth-order valence-electron chi connectivity index (χ4n) is 2.37. The van der Waals surface area contributed by atoms with E-state index in [1.807, 2.05) is 0 Å². The van der Waals surface area contributed by atoms with Crippen LogP contribution in [0.25, 0.3) is 0 Å². The Kier molecular flexibility index (Phi) is 5.37. The van der Waals surface area contributed by atoms with Crippen LogP contribution in [0.5, 0.6) is 0 Å². The SMILES string of the molecule is CCN(CC)c1nc(Cl)nc(N2CCCN(C)CC2)n1. The van der Waals surface area contributed by atoms with Gasteiger partial charge in [-0.15, -0.1) is 0 Å². The summed E-state index contributed by atoms with van der Waals surface area (Å²) in [6, 6.07) is 0. The number of rotatable bonds is 4. The summed E-state index contributed by atoms with van der Waals surface area (Å²) in [5.74, 6) is 1.37. The molecule has 0 bridgehead atoms. The molecule has 0 unspecified atom stereocenters. The van der Waals surface area contributed by atoms with Gasteiger partial charge >= 0.3 is 0 Å². The van der Waals surface area contributed by atoms with Crippen LogP contribution in [0.15, 0.2) is 0 Å². The topological polar surface area (TPSA) is 48.4 Å². The fraction of sp³-hybridized carbons (Fsp3) is 0.769. The Morgan fingerprint density at radius 2 is 1.80 bits per heavy atom. The van der Waals surface area contributed by atoms with E-state index in [4.69, 9.17) is 11.6 Å². The van der Waals surface area contributed by atoms with Crippen molar-refractivity contribution in [2.45, 2.75) is 20.3 Å². The van der Waals surface area contributed by atoms with Crippen molar-refractivity contribution in [1.29, 1.82) is 0 Å². The molecule has 7 heteroatoms. The minimum Gasteiger partial charge on any atom is -0.341 e. The molecule has 6 nitrogen and oxygen atoms in total. The van der Waals surface area contributed by atoms with E-state index in [1.54, 1.807) is 0 Å². The zero-order valence-corrected chi connectivity index (χ0v) is 13.3. The summed E-state index contributed by atoms with van der Waals surface area (Å²) in [7, 11) is 2.14. The van der Waals surface area contributed by atoms with Crippen LogP contribution in [0.2, 0.25) is 5.28 Å². The lowest BCUT2D eigenvalue weighted by atomic mass is 10.4. The number of halogens is 1. The van der Waals surface area contributed by atoms with E-state index in [2.05, 4.69) is 50.5 Å². The zero-order valence-electron chi connectivity index (χ0n) is 12.5. The van der Waals surface area contributed by atoms with E-state index in [0.717, 1.165) is 45.7 Å². The van der Waals surface area contributed by atoms with Crippen LogP contribution >= 0.6 is 11.6 Å². The fourth-order valence-corrected chi connectivity index (χ4v) is 2.52. The van der Waals surface area contributed by atoms with Gasteiger partial charge in [-0.1, -0.05) is 0 Å². The summed E-state index contributed by atoms with van der Waals surface area (Å²) in [4.78, 5) is 19.7. The molecular formula is C13H23ClN6. The van der Waals surface area contributed by atoms with Crippen molar-refractivity contribution >= 4 is 23.5 Å². The van der Waals surface area contributed by atoms with Gasteiger partial charge in [0.25, 0.3) is 0 Å². The van der Waals surface area contributed by atoms with Gasteiger partial charge in [0.1, 0.15) is 0 Å². The molecule has 20 heavy (non-hydrogen) atoms. The third-order valence-electron chi connectivity index (χ3n) is 3.63. The maximum Gasteiger partial charge on any atom is 0.231 e. The van der Waals surface area contributed by atoms with E-state index in [9.17, 15) is 0 Å². The maximum atomic E-state index is 6.07. The van der Waals surface area contributed by atoms with Crippen LogP contribution in [-0.4, -0.2) is 66.2 Å². The normalized spacial score (nSPS) is 17.1. The molecule has 1 aromatic heterocycles. The second-order valence-electron chi connectivity index (χ2n) is 5.02. The van der Waals surface area contributed by atoms with Gasteiger partial charge in [0, 0.05) is 32.7 Å². The first kappa shape index (κ1) is 15.3. The molecule has 0 aliphatic carbocycles. The molecule has 2 rings (SSSR count). The van der Waals surface area contributed by atoms with Crippen LogP contribution in [0, 0.1) is 0 Å². The minimum atomic E-state index is 0.273. The first-order valence-electron chi connectivity index (χ1n) is 7.24. The molecule has 0 saturated carbocycles. The molecule has 0 aromatic carbocycles. The number of hydrogen-bond donors (Lipinski definition) is 0. The molecule has 0 amide bonds. The molecule has 1 aromatic rings. The number of hydrogen-bond acceptors (Lipinski definition) is 6. The molecule has 1 aliphatic rings. The highest BCUT2D eigenvalue weighted by atomic mass is 35.5. The molecule has 2 heterocycles. The predicted molar refractivity (Wildman–Crippen MR) is 82.7 cm³/mol. The third kappa shape index (κ3) is 3.70. The van der Waals surface area contributed by atoms with Crippen LogP contribution in [0.3, 0.4) is 0 Å². The first-order chi connectivity index (χ1) is 9.63. The summed E-state index contributed by atoms with van der Waals surface area (Å²) in [5, 5.41) is 0.273. The zero-order chi connectivity index (χ0) is 14.5. The van der Waals surface area contributed by atoms with Gasteiger partial charge in [-0.25, -0.2) is 0 Å². The van der Waals surface area contributed by atoms with E-state index >= 15 is 0 Å². The summed E-state index contributed by atoms with van der Waals surface area (Å²) < 4.78 is 0. The van der Waals surface area contributed by atoms with Gasteiger partial charge in [0.2, 0.25) is 17.2 Å². The van der Waals surface area contributed by atoms with Gasteiger partial charge in [-0.2, -0.15) is 15.0 Å². The second kappa shape index (κ2) is 7.04. The van der Waals surface area contributed by atoms with Crippen molar-refractivity contribution < 1.29 is 0 Å². The number of aromatic nitrogens is 3. The Morgan fingerprint density at radius 3 is 2.50 bits per heavy atom. The van der Waals surface area contributed by atoms with Crippen molar-refractivity contribution in [3.63, 3.8) is 0 Å².